The molecule has 0 bridgehead atoms. The van der Waals surface area contributed by atoms with E-state index in [0.717, 1.165) is 11.4 Å². The molecule has 0 atom stereocenters. The van der Waals surface area contributed by atoms with E-state index in [9.17, 15) is 18.4 Å². The summed E-state index contributed by atoms with van der Waals surface area (Å²) in [5, 5.41) is 13.5. The zero-order valence-electron chi connectivity index (χ0n) is 17.5. The minimum absolute atomic E-state index is 0.0343. The van der Waals surface area contributed by atoms with E-state index in [1.54, 1.807) is 41.9 Å². The van der Waals surface area contributed by atoms with Crippen LogP contribution in [-0.4, -0.2) is 39.2 Å². The number of carbonyl (C=O) groups is 2. The first kappa shape index (κ1) is 21.4. The monoisotopic (exact) mass is 437 g/mol. The molecule has 1 aliphatic rings. The van der Waals surface area contributed by atoms with Gasteiger partial charge in [-0.3, -0.25) is 4.79 Å². The normalized spacial score (nSPS) is 16.5. The van der Waals surface area contributed by atoms with E-state index in [-0.39, 0.29) is 17.8 Å². The third kappa shape index (κ3) is 3.91. The van der Waals surface area contributed by atoms with Gasteiger partial charge in [0.25, 0.3) is 11.8 Å². The van der Waals surface area contributed by atoms with Crippen LogP contribution in [0.2, 0.25) is 0 Å². The molecule has 0 spiro atoms. The molecule has 8 heteroatoms. The predicted molar refractivity (Wildman–Crippen MR) is 116 cm³/mol. The fourth-order valence-corrected chi connectivity index (χ4v) is 3.89. The largest absolute Gasteiger partial charge is 0.478 e. The number of anilines is 1. The minimum atomic E-state index is -3.39. The van der Waals surface area contributed by atoms with Crippen molar-refractivity contribution in [2.45, 2.75) is 26.2 Å². The maximum Gasteiger partial charge on any atom is 0.328 e. The van der Waals surface area contributed by atoms with E-state index in [1.807, 2.05) is 25.3 Å². The number of para-hydroxylation sites is 1. The Kier molecular flexibility index (Phi) is 5.38. The molecule has 1 aromatic heterocycles. The Morgan fingerprint density at radius 3 is 2.53 bits per heavy atom. The molecule has 2 heterocycles. The topological polar surface area (TPSA) is 75.4 Å². The Balaban J connectivity index is 1.76. The number of alkyl halides is 2. The lowest BCUT2D eigenvalue weighted by Crippen LogP contribution is -2.33. The lowest BCUT2D eigenvalue weighted by molar-refractivity contribution is -0.131. The van der Waals surface area contributed by atoms with Gasteiger partial charge >= 0.3 is 5.97 Å². The molecular formula is C24H21F2N3O3. The second kappa shape index (κ2) is 8.03. The number of fused-ring (bicyclic) bond motifs is 1. The van der Waals surface area contributed by atoms with Crippen molar-refractivity contribution in [3.8, 4) is 5.69 Å². The number of nitrogens with zero attached hydrogens (tertiary/aromatic N) is 3. The van der Waals surface area contributed by atoms with Gasteiger partial charge < -0.3 is 10.0 Å². The Hall–Kier alpha value is -3.81. The summed E-state index contributed by atoms with van der Waals surface area (Å²) in [6, 6.07) is 13.2. The molecule has 0 saturated heterocycles. The quantitative estimate of drug-likeness (QED) is 0.606. The van der Waals surface area contributed by atoms with Crippen molar-refractivity contribution in [3.05, 3.63) is 83.2 Å². The average Bonchev–Trinajstić information content (AvgIpc) is 3.14. The maximum absolute atomic E-state index is 14.8. The highest BCUT2D eigenvalue weighted by Crippen LogP contribution is 2.43. The summed E-state index contributed by atoms with van der Waals surface area (Å²) in [6.45, 7) is 3.40. The summed E-state index contributed by atoms with van der Waals surface area (Å²) in [5.74, 6) is -5.28. The number of aryl methyl sites for hydroxylation is 2. The number of carboxylic acids is 1. The molecule has 32 heavy (non-hydrogen) atoms. The zero-order valence-corrected chi connectivity index (χ0v) is 17.5. The van der Waals surface area contributed by atoms with Gasteiger partial charge in [-0.2, -0.15) is 5.10 Å². The van der Waals surface area contributed by atoms with E-state index in [2.05, 4.69) is 5.10 Å². The van der Waals surface area contributed by atoms with E-state index < -0.39 is 29.8 Å². The third-order valence-electron chi connectivity index (χ3n) is 5.47. The van der Waals surface area contributed by atoms with Crippen LogP contribution in [0.3, 0.4) is 0 Å². The molecule has 6 nitrogen and oxygen atoms in total. The molecule has 0 aliphatic carbocycles. The number of carboxylic acid groups (broad SMARTS) is 1. The Morgan fingerprint density at radius 2 is 1.88 bits per heavy atom. The predicted octanol–water partition coefficient (Wildman–Crippen LogP) is 4.64. The number of benzene rings is 2. The molecule has 0 radical (unpaired) electrons. The molecule has 4 rings (SSSR count). The molecule has 1 N–H and O–H groups in total. The lowest BCUT2D eigenvalue weighted by Gasteiger charge is -2.23. The van der Waals surface area contributed by atoms with Crippen LogP contribution in [0.4, 0.5) is 14.5 Å². The zero-order chi connectivity index (χ0) is 23.0. The third-order valence-corrected chi connectivity index (χ3v) is 5.47. The number of aliphatic carboxylic acids is 1. The standard InChI is InChI=1S/C24H21F2N3O3/c1-15-13-17(29-11-9-16(2)27-29)7-8-18(15)23(32)28-12-10-24(25,26)20(14-22(30)31)19-5-3-4-6-21(19)28/h3-9,11,13-14H,10,12H2,1-2H3,(H,30,31). The van der Waals surface area contributed by atoms with E-state index >= 15 is 0 Å². The van der Waals surface area contributed by atoms with Crippen LogP contribution < -0.4 is 4.90 Å². The van der Waals surface area contributed by atoms with Gasteiger partial charge in [0.15, 0.2) is 0 Å². The van der Waals surface area contributed by atoms with Crippen LogP contribution in [-0.2, 0) is 4.79 Å². The van der Waals surface area contributed by atoms with Crippen LogP contribution in [0.5, 0.6) is 0 Å². The molecule has 0 saturated carbocycles. The molecule has 1 aliphatic heterocycles. The number of hydrogen-bond acceptors (Lipinski definition) is 3. The molecule has 164 valence electrons. The van der Waals surface area contributed by atoms with Gasteiger partial charge in [-0.15, -0.1) is 0 Å². The Labute approximate surface area is 183 Å². The summed E-state index contributed by atoms with van der Waals surface area (Å²) >= 11 is 0. The number of amides is 1. The van der Waals surface area contributed by atoms with Gasteiger partial charge in [-0.1, -0.05) is 18.2 Å². The molecule has 2 aromatic carbocycles. The second-order valence-electron chi connectivity index (χ2n) is 7.73. The molecule has 0 unspecified atom stereocenters. The smallest absolute Gasteiger partial charge is 0.328 e. The van der Waals surface area contributed by atoms with E-state index in [1.165, 1.54) is 11.0 Å². The minimum Gasteiger partial charge on any atom is -0.478 e. The van der Waals surface area contributed by atoms with Crippen molar-refractivity contribution in [1.29, 1.82) is 0 Å². The number of rotatable bonds is 3. The van der Waals surface area contributed by atoms with E-state index in [4.69, 9.17) is 5.11 Å². The lowest BCUT2D eigenvalue weighted by atomic mass is 9.97. The average molecular weight is 437 g/mol. The number of allylic oxidation sites excluding steroid dienone is 1. The highest BCUT2D eigenvalue weighted by Gasteiger charge is 2.41. The first-order valence-corrected chi connectivity index (χ1v) is 10.0. The first-order chi connectivity index (χ1) is 15.2. The molecule has 1 amide bonds. The summed E-state index contributed by atoms with van der Waals surface area (Å²) in [7, 11) is 0. The van der Waals surface area contributed by atoms with Crippen molar-refractivity contribution in [2.24, 2.45) is 0 Å². The summed E-state index contributed by atoms with van der Waals surface area (Å²) in [6.07, 6.45) is 1.66. The summed E-state index contributed by atoms with van der Waals surface area (Å²) < 4.78 is 31.4. The molecule has 0 fully saturated rings. The molecule has 3 aromatic rings. The van der Waals surface area contributed by atoms with Gasteiger partial charge in [0.1, 0.15) is 0 Å². The Bertz CT molecular complexity index is 1250. The van der Waals surface area contributed by atoms with Gasteiger partial charge in [0.2, 0.25) is 0 Å². The second-order valence-corrected chi connectivity index (χ2v) is 7.73. The van der Waals surface area contributed by atoms with Crippen LogP contribution in [0, 0.1) is 13.8 Å². The fraction of sp³-hybridized carbons (Fsp3) is 0.208. The number of halogens is 2. The highest BCUT2D eigenvalue weighted by atomic mass is 19.3. The van der Waals surface area contributed by atoms with Gasteiger partial charge in [-0.05, 0) is 49.7 Å². The first-order valence-electron chi connectivity index (χ1n) is 10.0. The van der Waals surface area contributed by atoms with Crippen LogP contribution in [0.1, 0.15) is 33.6 Å². The van der Waals surface area contributed by atoms with Gasteiger partial charge in [0.05, 0.1) is 17.1 Å². The van der Waals surface area contributed by atoms with Crippen molar-refractivity contribution in [3.63, 3.8) is 0 Å². The number of carbonyl (C=O) groups excluding carboxylic acids is 1. The van der Waals surface area contributed by atoms with Gasteiger partial charge in [0, 0.05) is 41.9 Å². The van der Waals surface area contributed by atoms with Crippen LogP contribution >= 0.6 is 0 Å². The van der Waals surface area contributed by atoms with Crippen LogP contribution in [0.15, 0.2) is 60.8 Å². The Morgan fingerprint density at radius 1 is 1.12 bits per heavy atom. The highest BCUT2D eigenvalue weighted by molar-refractivity contribution is 6.09. The SMILES string of the molecule is Cc1ccn(-c2ccc(C(=O)N3CCC(F)(F)C(=CC(=O)O)c4ccccc43)c(C)c2)n1. The number of aromatic nitrogens is 2. The molecular weight excluding hydrogens is 416 g/mol. The van der Waals surface area contributed by atoms with Crippen molar-refractivity contribution in [2.75, 3.05) is 11.4 Å². The summed E-state index contributed by atoms with van der Waals surface area (Å²) in [4.78, 5) is 26.0. The number of hydrogen-bond donors (Lipinski definition) is 1. The van der Waals surface area contributed by atoms with Crippen molar-refractivity contribution >= 4 is 23.1 Å². The summed E-state index contributed by atoms with van der Waals surface area (Å²) in [5.41, 5.74) is 2.38. The van der Waals surface area contributed by atoms with Crippen molar-refractivity contribution < 1.29 is 23.5 Å². The van der Waals surface area contributed by atoms with Crippen LogP contribution in [0.25, 0.3) is 11.3 Å². The van der Waals surface area contributed by atoms with Crippen molar-refractivity contribution in [1.82, 2.24) is 9.78 Å². The van der Waals surface area contributed by atoms with Gasteiger partial charge in [-0.25, -0.2) is 18.3 Å². The maximum atomic E-state index is 14.8. The fourth-order valence-electron chi connectivity index (χ4n) is 3.89. The van der Waals surface area contributed by atoms with E-state index in [0.29, 0.717) is 17.2 Å².